The van der Waals surface area contributed by atoms with Crippen LogP contribution in [-0.4, -0.2) is 42.2 Å². The molecule has 0 fully saturated rings. The maximum atomic E-state index is 13.0. The minimum atomic E-state index is -0.503. The Hall–Kier alpha value is -1.76. The van der Waals surface area contributed by atoms with Crippen molar-refractivity contribution < 1.29 is 19.4 Å². The average Bonchev–Trinajstić information content (AvgIpc) is 2.58. The van der Waals surface area contributed by atoms with E-state index in [9.17, 15) is 9.90 Å². The van der Waals surface area contributed by atoms with Crippen LogP contribution in [-0.2, 0) is 4.74 Å². The minimum absolute atomic E-state index is 0.0353. The number of nitrogens with zero attached hydrogens (tertiary/aromatic N) is 1. The number of aromatic nitrogens is 1. The molecule has 0 radical (unpaired) electrons. The van der Waals surface area contributed by atoms with E-state index in [1.165, 1.54) is 19.4 Å². The summed E-state index contributed by atoms with van der Waals surface area (Å²) in [6.45, 7) is 9.71. The molecule has 0 aliphatic rings. The zero-order chi connectivity index (χ0) is 19.9. The molecule has 0 amide bonds. The van der Waals surface area contributed by atoms with Gasteiger partial charge in [-0.05, 0) is 18.9 Å². The largest absolute Gasteiger partial charge is 0.494 e. The van der Waals surface area contributed by atoms with Crippen molar-refractivity contribution in [2.75, 3.05) is 20.3 Å². The van der Waals surface area contributed by atoms with Crippen molar-refractivity contribution in [1.82, 2.24) is 10.3 Å². The number of hydrogen-bond acceptors (Lipinski definition) is 6. The summed E-state index contributed by atoms with van der Waals surface area (Å²) < 4.78 is 10.4. The van der Waals surface area contributed by atoms with Crippen LogP contribution in [0.2, 0.25) is 10.0 Å². The summed E-state index contributed by atoms with van der Waals surface area (Å²) in [5, 5.41) is 12.7. The Labute approximate surface area is 163 Å². The molecule has 0 aliphatic carbocycles. The molecular formula is C18H24Cl2N2O4. The predicted octanol–water partition coefficient (Wildman–Crippen LogP) is 3.62. The smallest absolute Gasteiger partial charge is 0.233 e. The predicted molar refractivity (Wildman–Crippen MR) is 103 cm³/mol. The Morgan fingerprint density at radius 1 is 1.42 bits per heavy atom. The third kappa shape index (κ3) is 5.62. The fraction of sp³-hybridized carbons (Fsp3) is 0.444. The number of nitrogens with one attached hydrogen (secondary N) is 1. The van der Waals surface area contributed by atoms with Gasteiger partial charge in [0.15, 0.2) is 0 Å². The molecule has 26 heavy (non-hydrogen) atoms. The lowest BCUT2D eigenvalue weighted by molar-refractivity contribution is 0.101. The number of aliphatic hydroxyl groups is 1. The van der Waals surface area contributed by atoms with Gasteiger partial charge >= 0.3 is 0 Å². The number of carbonyl (C=O) groups is 1. The number of allylic oxidation sites excluding steroid dienone is 1. The molecule has 0 spiro atoms. The van der Waals surface area contributed by atoms with Crippen LogP contribution in [0.25, 0.3) is 0 Å². The molecule has 1 rings (SSSR count). The van der Waals surface area contributed by atoms with Gasteiger partial charge in [-0.2, -0.15) is 0 Å². The topological polar surface area (TPSA) is 80.7 Å². The van der Waals surface area contributed by atoms with Gasteiger partial charge in [0.05, 0.1) is 37.0 Å². The van der Waals surface area contributed by atoms with E-state index in [1.807, 2.05) is 13.8 Å². The van der Waals surface area contributed by atoms with E-state index in [4.69, 9.17) is 32.7 Å². The fourth-order valence-electron chi connectivity index (χ4n) is 2.05. The van der Waals surface area contributed by atoms with Gasteiger partial charge in [0, 0.05) is 6.20 Å². The van der Waals surface area contributed by atoms with Crippen molar-refractivity contribution in [1.29, 1.82) is 0 Å². The lowest BCUT2D eigenvalue weighted by atomic mass is 10.0. The zero-order valence-electron chi connectivity index (χ0n) is 15.3. The average molecular weight is 403 g/mol. The maximum absolute atomic E-state index is 13.0. The van der Waals surface area contributed by atoms with Crippen LogP contribution in [0.3, 0.4) is 0 Å². The first-order valence-electron chi connectivity index (χ1n) is 8.10. The summed E-state index contributed by atoms with van der Waals surface area (Å²) in [6, 6.07) is 1.15. The number of hydrogen-bond donors (Lipinski definition) is 2. The van der Waals surface area contributed by atoms with Crippen LogP contribution >= 0.6 is 23.2 Å². The third-order valence-electron chi connectivity index (χ3n) is 3.61. The third-order valence-corrected chi connectivity index (χ3v) is 4.17. The van der Waals surface area contributed by atoms with Gasteiger partial charge in [0.1, 0.15) is 16.5 Å². The summed E-state index contributed by atoms with van der Waals surface area (Å²) in [5.41, 5.74) is 0.108. The van der Waals surface area contributed by atoms with Crippen LogP contribution in [0.4, 0.5) is 0 Å². The number of halogens is 2. The quantitative estimate of drug-likeness (QED) is 0.269. The van der Waals surface area contributed by atoms with E-state index in [2.05, 4.69) is 16.9 Å². The molecule has 1 aromatic heterocycles. The summed E-state index contributed by atoms with van der Waals surface area (Å²) in [7, 11) is 1.39. The molecule has 1 atom stereocenters. The standard InChI is InChI=1S/C18H24Cl2N2O4/c1-6-26-11(4)12(8-21-15(9-23)10(2)3)17(24)16-13(19)7-14(20)18(22-16)25-5/h7-8,10,15,21,23H,4,6,9H2,1-3,5H3/b12-8+. The number of Topliss-reactive ketones (excluding diaryl/α,β-unsaturated/α-hetero) is 1. The van der Waals surface area contributed by atoms with Gasteiger partial charge in [0.25, 0.3) is 0 Å². The number of ketones is 1. The van der Waals surface area contributed by atoms with Gasteiger partial charge in [-0.1, -0.05) is 43.6 Å². The molecule has 0 aromatic carbocycles. The second-order valence-electron chi connectivity index (χ2n) is 5.75. The Morgan fingerprint density at radius 2 is 2.08 bits per heavy atom. The highest BCUT2D eigenvalue weighted by molar-refractivity contribution is 6.37. The summed E-state index contributed by atoms with van der Waals surface area (Å²) in [4.78, 5) is 17.1. The van der Waals surface area contributed by atoms with E-state index in [1.54, 1.807) is 6.92 Å². The highest BCUT2D eigenvalue weighted by atomic mass is 35.5. The molecule has 2 N–H and O–H groups in total. The van der Waals surface area contributed by atoms with Crippen molar-refractivity contribution in [3.05, 3.63) is 45.9 Å². The molecule has 1 heterocycles. The highest BCUT2D eigenvalue weighted by Gasteiger charge is 2.23. The van der Waals surface area contributed by atoms with Crippen molar-refractivity contribution in [2.24, 2.45) is 5.92 Å². The summed E-state index contributed by atoms with van der Waals surface area (Å²) in [6.07, 6.45) is 1.46. The van der Waals surface area contributed by atoms with Crippen molar-refractivity contribution in [3.8, 4) is 5.88 Å². The highest BCUT2D eigenvalue weighted by Crippen LogP contribution is 2.29. The van der Waals surface area contributed by atoms with Crippen molar-refractivity contribution >= 4 is 29.0 Å². The number of ether oxygens (including phenoxy) is 2. The number of rotatable bonds is 10. The Kier molecular flexibility index (Phi) is 8.92. The number of carbonyl (C=O) groups excluding carboxylic acids is 1. The van der Waals surface area contributed by atoms with Crippen molar-refractivity contribution in [3.63, 3.8) is 0 Å². The molecule has 0 saturated heterocycles. The van der Waals surface area contributed by atoms with Crippen LogP contribution in [0.15, 0.2) is 30.2 Å². The van der Waals surface area contributed by atoms with Crippen LogP contribution in [0.1, 0.15) is 31.3 Å². The van der Waals surface area contributed by atoms with E-state index >= 15 is 0 Å². The Balaban J connectivity index is 3.30. The van der Waals surface area contributed by atoms with Gasteiger partial charge in [-0.25, -0.2) is 4.98 Å². The number of pyridine rings is 1. The first kappa shape index (κ1) is 22.3. The molecule has 0 bridgehead atoms. The number of methoxy groups -OCH3 is 1. The molecule has 8 heteroatoms. The second kappa shape index (κ2) is 10.4. The van der Waals surface area contributed by atoms with Gasteiger partial charge < -0.3 is 19.9 Å². The molecule has 1 aromatic rings. The Bertz CT molecular complexity index is 690. The minimum Gasteiger partial charge on any atom is -0.494 e. The van der Waals surface area contributed by atoms with Gasteiger partial charge in [0.2, 0.25) is 11.7 Å². The van der Waals surface area contributed by atoms with Gasteiger partial charge in [-0.15, -0.1) is 0 Å². The lowest BCUT2D eigenvalue weighted by Crippen LogP contribution is -2.34. The van der Waals surface area contributed by atoms with Crippen LogP contribution < -0.4 is 10.1 Å². The number of aliphatic hydroxyl groups excluding tert-OH is 1. The first-order chi connectivity index (χ1) is 12.3. The summed E-state index contributed by atoms with van der Waals surface area (Å²) >= 11 is 12.1. The summed E-state index contributed by atoms with van der Waals surface area (Å²) in [5.74, 6) is -0.108. The molecule has 6 nitrogen and oxygen atoms in total. The van der Waals surface area contributed by atoms with Gasteiger partial charge in [-0.3, -0.25) is 4.79 Å². The first-order valence-corrected chi connectivity index (χ1v) is 8.86. The van der Waals surface area contributed by atoms with Crippen LogP contribution in [0, 0.1) is 5.92 Å². The Morgan fingerprint density at radius 3 is 2.58 bits per heavy atom. The molecule has 1 unspecified atom stereocenters. The molecule has 0 saturated carbocycles. The van der Waals surface area contributed by atoms with E-state index in [-0.39, 0.29) is 51.5 Å². The fourth-order valence-corrected chi connectivity index (χ4v) is 2.57. The SMILES string of the molecule is C=C(OCC)/C(=C\NC(CO)C(C)C)C(=O)c1nc(OC)c(Cl)cc1Cl. The molecular weight excluding hydrogens is 379 g/mol. The normalized spacial score (nSPS) is 12.7. The molecule has 0 aliphatic heterocycles. The van der Waals surface area contributed by atoms with E-state index < -0.39 is 5.78 Å². The van der Waals surface area contributed by atoms with Crippen LogP contribution in [0.5, 0.6) is 5.88 Å². The second-order valence-corrected chi connectivity index (χ2v) is 6.57. The van der Waals surface area contributed by atoms with E-state index in [0.29, 0.717) is 6.61 Å². The molecule has 144 valence electrons. The monoisotopic (exact) mass is 402 g/mol. The van der Waals surface area contributed by atoms with Crippen molar-refractivity contribution in [2.45, 2.75) is 26.8 Å². The zero-order valence-corrected chi connectivity index (χ0v) is 16.8. The maximum Gasteiger partial charge on any atom is 0.233 e. The lowest BCUT2D eigenvalue weighted by Gasteiger charge is -2.20. The van der Waals surface area contributed by atoms with E-state index in [0.717, 1.165) is 0 Å².